The number of hydrogen-bond acceptors (Lipinski definition) is 3. The summed E-state index contributed by atoms with van der Waals surface area (Å²) in [5, 5.41) is 4.48. The standard InChI is InChI=1S/C17H22N4O/c1-19(2)15-9-14-10-16(18-21(14)12-15)17(22)20(3)11-13-7-5-4-6-8-13/h4-8,10,15H,9,11-12H2,1-3H3/t15-/m0/s1. The van der Waals surface area contributed by atoms with Crippen LogP contribution >= 0.6 is 0 Å². The van der Waals surface area contributed by atoms with Crippen LogP contribution in [0.3, 0.4) is 0 Å². The second-order valence-electron chi connectivity index (χ2n) is 6.17. The third kappa shape index (κ3) is 2.90. The van der Waals surface area contributed by atoms with E-state index >= 15 is 0 Å². The van der Waals surface area contributed by atoms with Crippen molar-refractivity contribution >= 4 is 5.91 Å². The van der Waals surface area contributed by atoms with Gasteiger partial charge in [-0.15, -0.1) is 0 Å². The number of fused-ring (bicyclic) bond motifs is 1. The van der Waals surface area contributed by atoms with Crippen molar-refractivity contribution in [1.29, 1.82) is 0 Å². The Labute approximate surface area is 131 Å². The van der Waals surface area contributed by atoms with Gasteiger partial charge in [0, 0.05) is 31.7 Å². The maximum absolute atomic E-state index is 12.5. The summed E-state index contributed by atoms with van der Waals surface area (Å²) in [6.07, 6.45) is 0.954. The average molecular weight is 298 g/mol. The van der Waals surface area contributed by atoms with E-state index in [9.17, 15) is 4.79 Å². The molecule has 1 aromatic carbocycles. The molecule has 22 heavy (non-hydrogen) atoms. The summed E-state index contributed by atoms with van der Waals surface area (Å²) in [6.45, 7) is 1.46. The zero-order valence-electron chi connectivity index (χ0n) is 13.4. The van der Waals surface area contributed by atoms with E-state index in [-0.39, 0.29) is 5.91 Å². The van der Waals surface area contributed by atoms with Gasteiger partial charge in [0.1, 0.15) is 0 Å². The maximum Gasteiger partial charge on any atom is 0.274 e. The molecular weight excluding hydrogens is 276 g/mol. The van der Waals surface area contributed by atoms with Gasteiger partial charge in [-0.25, -0.2) is 0 Å². The Morgan fingerprint density at radius 1 is 1.27 bits per heavy atom. The molecule has 3 rings (SSSR count). The smallest absolute Gasteiger partial charge is 0.274 e. The van der Waals surface area contributed by atoms with Crippen molar-refractivity contribution in [2.45, 2.75) is 25.6 Å². The molecule has 0 unspecified atom stereocenters. The van der Waals surface area contributed by atoms with Crippen LogP contribution in [-0.4, -0.2) is 52.7 Å². The van der Waals surface area contributed by atoms with Crippen LogP contribution in [0.4, 0.5) is 0 Å². The highest BCUT2D eigenvalue weighted by atomic mass is 16.2. The number of carbonyl (C=O) groups excluding carboxylic acids is 1. The van der Waals surface area contributed by atoms with Crippen molar-refractivity contribution in [3.63, 3.8) is 0 Å². The molecule has 5 nitrogen and oxygen atoms in total. The minimum atomic E-state index is -0.0212. The van der Waals surface area contributed by atoms with Crippen LogP contribution in [0.15, 0.2) is 36.4 Å². The van der Waals surface area contributed by atoms with Gasteiger partial charge in [0.25, 0.3) is 5.91 Å². The van der Waals surface area contributed by atoms with E-state index in [0.29, 0.717) is 18.3 Å². The molecule has 1 atom stereocenters. The Hall–Kier alpha value is -2.14. The molecule has 1 aliphatic rings. The van der Waals surface area contributed by atoms with Crippen LogP contribution in [0.5, 0.6) is 0 Å². The minimum Gasteiger partial charge on any atom is -0.336 e. The molecule has 0 aliphatic carbocycles. The highest BCUT2D eigenvalue weighted by Gasteiger charge is 2.27. The molecule has 0 radical (unpaired) electrons. The van der Waals surface area contributed by atoms with Gasteiger partial charge in [0.05, 0.1) is 6.54 Å². The summed E-state index contributed by atoms with van der Waals surface area (Å²) in [5.74, 6) is -0.0212. The molecule has 0 saturated heterocycles. The molecule has 0 spiro atoms. The number of amides is 1. The van der Waals surface area contributed by atoms with Crippen LogP contribution in [0.1, 0.15) is 21.7 Å². The quantitative estimate of drug-likeness (QED) is 0.862. The summed E-state index contributed by atoms with van der Waals surface area (Å²) < 4.78 is 1.97. The fourth-order valence-corrected chi connectivity index (χ4v) is 2.86. The highest BCUT2D eigenvalue weighted by Crippen LogP contribution is 2.19. The second-order valence-corrected chi connectivity index (χ2v) is 6.17. The predicted octanol–water partition coefficient (Wildman–Crippen LogP) is 1.64. The molecule has 2 aromatic rings. The zero-order valence-corrected chi connectivity index (χ0v) is 13.4. The summed E-state index contributed by atoms with van der Waals surface area (Å²) in [7, 11) is 5.98. The van der Waals surface area contributed by atoms with Crippen LogP contribution in [0.25, 0.3) is 0 Å². The first kappa shape index (κ1) is 14.8. The SMILES string of the molecule is CN(Cc1ccccc1)C(=O)c1cc2n(n1)C[C@@H](N(C)C)C2. The van der Waals surface area contributed by atoms with E-state index < -0.39 is 0 Å². The van der Waals surface area contributed by atoms with E-state index in [4.69, 9.17) is 0 Å². The van der Waals surface area contributed by atoms with Gasteiger partial charge < -0.3 is 9.80 Å². The fraction of sp³-hybridized carbons (Fsp3) is 0.412. The minimum absolute atomic E-state index is 0.0212. The van der Waals surface area contributed by atoms with E-state index in [1.165, 1.54) is 0 Å². The summed E-state index contributed by atoms with van der Waals surface area (Å²) >= 11 is 0. The molecule has 0 fully saturated rings. The number of likely N-dealkylation sites (N-methyl/N-ethyl adjacent to an activating group) is 1. The summed E-state index contributed by atoms with van der Waals surface area (Å²) in [5.41, 5.74) is 2.82. The number of benzene rings is 1. The fourth-order valence-electron chi connectivity index (χ4n) is 2.86. The second kappa shape index (κ2) is 5.93. The molecule has 0 N–H and O–H groups in total. The van der Waals surface area contributed by atoms with E-state index in [1.54, 1.807) is 4.90 Å². The van der Waals surface area contributed by atoms with Crippen molar-refractivity contribution in [1.82, 2.24) is 19.6 Å². The van der Waals surface area contributed by atoms with Crippen molar-refractivity contribution in [3.8, 4) is 0 Å². The first-order valence-corrected chi connectivity index (χ1v) is 7.57. The number of rotatable bonds is 4. The van der Waals surface area contributed by atoms with Crippen molar-refractivity contribution < 1.29 is 4.79 Å². The molecular formula is C17H22N4O. The van der Waals surface area contributed by atoms with E-state index in [1.807, 2.05) is 48.1 Å². The Bertz CT molecular complexity index is 639. The average Bonchev–Trinajstić information content (AvgIpc) is 3.06. The lowest BCUT2D eigenvalue weighted by Gasteiger charge is -2.18. The third-order valence-electron chi connectivity index (χ3n) is 4.25. The summed E-state index contributed by atoms with van der Waals surface area (Å²) in [6, 6.07) is 12.4. The molecule has 2 heterocycles. The van der Waals surface area contributed by atoms with Crippen LogP contribution < -0.4 is 0 Å². The number of carbonyl (C=O) groups is 1. The number of nitrogens with zero attached hydrogens (tertiary/aromatic N) is 4. The number of hydrogen-bond donors (Lipinski definition) is 0. The summed E-state index contributed by atoms with van der Waals surface area (Å²) in [4.78, 5) is 16.4. The largest absolute Gasteiger partial charge is 0.336 e. The lowest BCUT2D eigenvalue weighted by atomic mass is 10.2. The van der Waals surface area contributed by atoms with Crippen molar-refractivity contribution in [2.75, 3.05) is 21.1 Å². The predicted molar refractivity (Wildman–Crippen MR) is 85.6 cm³/mol. The van der Waals surface area contributed by atoms with Gasteiger partial charge in [-0.3, -0.25) is 9.48 Å². The Kier molecular flexibility index (Phi) is 3.98. The maximum atomic E-state index is 12.5. The molecule has 1 amide bonds. The zero-order chi connectivity index (χ0) is 15.7. The molecule has 0 saturated carbocycles. The molecule has 1 aliphatic heterocycles. The van der Waals surface area contributed by atoms with Gasteiger partial charge in [0.2, 0.25) is 0 Å². The Balaban J connectivity index is 1.68. The first-order chi connectivity index (χ1) is 10.5. The monoisotopic (exact) mass is 298 g/mol. The van der Waals surface area contributed by atoms with Gasteiger partial charge in [-0.1, -0.05) is 30.3 Å². The van der Waals surface area contributed by atoms with Crippen LogP contribution in [0.2, 0.25) is 0 Å². The van der Waals surface area contributed by atoms with E-state index in [0.717, 1.165) is 24.2 Å². The normalized spacial score (nSPS) is 16.8. The molecule has 116 valence electrons. The third-order valence-corrected chi connectivity index (χ3v) is 4.25. The van der Waals surface area contributed by atoms with Crippen molar-refractivity contribution in [3.05, 3.63) is 53.3 Å². The molecule has 1 aromatic heterocycles. The lowest BCUT2D eigenvalue weighted by molar-refractivity contribution is 0.0778. The number of aromatic nitrogens is 2. The van der Waals surface area contributed by atoms with Gasteiger partial charge in [0.15, 0.2) is 5.69 Å². The Morgan fingerprint density at radius 2 is 2.00 bits per heavy atom. The van der Waals surface area contributed by atoms with Gasteiger partial charge in [-0.2, -0.15) is 5.10 Å². The highest BCUT2D eigenvalue weighted by molar-refractivity contribution is 5.92. The molecule has 0 bridgehead atoms. The van der Waals surface area contributed by atoms with Crippen LogP contribution in [0, 0.1) is 0 Å². The lowest BCUT2D eigenvalue weighted by Crippen LogP contribution is -2.30. The van der Waals surface area contributed by atoms with Crippen molar-refractivity contribution in [2.24, 2.45) is 0 Å². The molecule has 5 heteroatoms. The van der Waals surface area contributed by atoms with Gasteiger partial charge >= 0.3 is 0 Å². The van der Waals surface area contributed by atoms with Gasteiger partial charge in [-0.05, 0) is 25.7 Å². The topological polar surface area (TPSA) is 41.4 Å². The first-order valence-electron chi connectivity index (χ1n) is 7.57. The Morgan fingerprint density at radius 3 is 2.64 bits per heavy atom. The van der Waals surface area contributed by atoms with E-state index in [2.05, 4.69) is 24.1 Å². The van der Waals surface area contributed by atoms with Crippen LogP contribution in [-0.2, 0) is 19.5 Å².